The van der Waals surface area contributed by atoms with E-state index >= 15 is 0 Å². The molecule has 0 aliphatic carbocycles. The van der Waals surface area contributed by atoms with E-state index in [1.807, 2.05) is 65.8 Å². The Morgan fingerprint density at radius 2 is 1.58 bits per heavy atom. The summed E-state index contributed by atoms with van der Waals surface area (Å²) in [6, 6.07) is 17.5. The molecular weight excluding hydrogens is 594 g/mol. The van der Waals surface area contributed by atoms with Crippen molar-refractivity contribution in [3.8, 4) is 17.2 Å². The molecule has 3 aromatic carbocycles. The van der Waals surface area contributed by atoms with Crippen molar-refractivity contribution >= 4 is 27.5 Å². The lowest BCUT2D eigenvalue weighted by Gasteiger charge is -2.35. The predicted octanol–water partition coefficient (Wildman–Crippen LogP) is 5.33. The van der Waals surface area contributed by atoms with Crippen molar-refractivity contribution in [2.75, 3.05) is 31.7 Å². The van der Waals surface area contributed by atoms with E-state index in [9.17, 15) is 18.0 Å². The summed E-state index contributed by atoms with van der Waals surface area (Å²) < 4.78 is 45.8. The van der Waals surface area contributed by atoms with Gasteiger partial charge in [-0.2, -0.15) is 0 Å². The largest absolute Gasteiger partial charge is 0.494 e. The number of benzene rings is 3. The highest BCUT2D eigenvalue weighted by molar-refractivity contribution is 7.92. The molecule has 0 radical (unpaired) electrons. The molecule has 0 aromatic heterocycles. The van der Waals surface area contributed by atoms with Crippen molar-refractivity contribution in [2.24, 2.45) is 0 Å². The Hall–Kier alpha value is -4.25. The van der Waals surface area contributed by atoms with E-state index in [4.69, 9.17) is 14.2 Å². The molecule has 10 nitrogen and oxygen atoms in total. The van der Waals surface area contributed by atoms with Crippen LogP contribution in [0.25, 0.3) is 0 Å². The SMILES string of the molecule is CCOc1ccc(N(CC(=O)N(Cc2cccc(C)c2)[C@@H](CC)C(=O)NC(C)(C)C)S(=O)(=O)c2ccc(OC)c(OC)c2)cc1. The molecule has 3 rings (SSSR count). The van der Waals surface area contributed by atoms with E-state index < -0.39 is 34.1 Å². The van der Waals surface area contributed by atoms with Gasteiger partial charge in [-0.05, 0) is 83.0 Å². The van der Waals surface area contributed by atoms with Gasteiger partial charge in [0, 0.05) is 18.2 Å². The third-order valence-electron chi connectivity index (χ3n) is 6.98. The number of hydrogen-bond acceptors (Lipinski definition) is 7. The summed E-state index contributed by atoms with van der Waals surface area (Å²) in [7, 11) is -1.44. The molecule has 0 aliphatic heterocycles. The molecule has 2 amide bonds. The number of anilines is 1. The molecular formula is C34H45N3O7S. The van der Waals surface area contributed by atoms with Crippen LogP contribution in [0.2, 0.25) is 0 Å². The minimum Gasteiger partial charge on any atom is -0.494 e. The van der Waals surface area contributed by atoms with Gasteiger partial charge >= 0.3 is 0 Å². The molecule has 0 heterocycles. The van der Waals surface area contributed by atoms with Crippen molar-refractivity contribution in [2.45, 2.75) is 71.0 Å². The first kappa shape index (κ1) is 35.2. The standard InChI is InChI=1S/C34H45N3O7S/c1-9-29(33(39)35-34(4,5)6)36(22-25-13-11-12-24(3)20-25)32(38)23-37(26-14-16-27(17-15-26)44-10-2)45(40,41)28-18-19-30(42-7)31(21-28)43-8/h11-21,29H,9-10,22-23H2,1-8H3,(H,35,39)/t29-/m0/s1. The highest BCUT2D eigenvalue weighted by Gasteiger charge is 2.35. The summed E-state index contributed by atoms with van der Waals surface area (Å²) in [4.78, 5) is 29.2. The average molecular weight is 640 g/mol. The Morgan fingerprint density at radius 1 is 0.911 bits per heavy atom. The Labute approximate surface area is 267 Å². The number of amides is 2. The molecule has 0 saturated carbocycles. The first-order valence-electron chi connectivity index (χ1n) is 14.9. The Morgan fingerprint density at radius 3 is 2.13 bits per heavy atom. The van der Waals surface area contributed by atoms with E-state index in [-0.39, 0.29) is 28.8 Å². The maximum absolute atomic E-state index is 14.3. The maximum atomic E-state index is 14.3. The summed E-state index contributed by atoms with van der Waals surface area (Å²) in [5, 5.41) is 2.98. The van der Waals surface area contributed by atoms with Gasteiger partial charge in [0.1, 0.15) is 18.3 Å². The number of nitrogens with one attached hydrogen (secondary N) is 1. The maximum Gasteiger partial charge on any atom is 0.264 e. The molecule has 11 heteroatoms. The fourth-order valence-corrected chi connectivity index (χ4v) is 6.32. The van der Waals surface area contributed by atoms with Crippen LogP contribution in [0.5, 0.6) is 17.2 Å². The summed E-state index contributed by atoms with van der Waals surface area (Å²) in [5.41, 5.74) is 1.54. The number of carbonyl (C=O) groups excluding carboxylic acids is 2. The normalized spacial score (nSPS) is 12.2. The lowest BCUT2D eigenvalue weighted by atomic mass is 10.0. The van der Waals surface area contributed by atoms with Gasteiger partial charge in [0.25, 0.3) is 10.0 Å². The lowest BCUT2D eigenvalue weighted by molar-refractivity contribution is -0.141. The minimum absolute atomic E-state index is 0.0930. The number of ether oxygens (including phenoxy) is 3. The van der Waals surface area contributed by atoms with Gasteiger partial charge in [-0.25, -0.2) is 8.42 Å². The summed E-state index contributed by atoms with van der Waals surface area (Å²) in [6.45, 7) is 11.2. The highest BCUT2D eigenvalue weighted by Crippen LogP contribution is 2.33. The van der Waals surface area contributed by atoms with Crippen LogP contribution in [0.1, 0.15) is 52.2 Å². The number of sulfonamides is 1. The van der Waals surface area contributed by atoms with E-state index in [1.165, 1.54) is 37.3 Å². The Bertz CT molecular complexity index is 1570. The van der Waals surface area contributed by atoms with E-state index in [2.05, 4.69) is 5.32 Å². The smallest absolute Gasteiger partial charge is 0.264 e. The van der Waals surface area contributed by atoms with Crippen LogP contribution in [0, 0.1) is 6.92 Å². The molecule has 0 saturated heterocycles. The van der Waals surface area contributed by atoms with Gasteiger partial charge in [0.15, 0.2) is 11.5 Å². The molecule has 3 aromatic rings. The minimum atomic E-state index is -4.32. The van der Waals surface area contributed by atoms with Crippen LogP contribution < -0.4 is 23.8 Å². The zero-order valence-electron chi connectivity index (χ0n) is 27.4. The molecule has 45 heavy (non-hydrogen) atoms. The van der Waals surface area contributed by atoms with Crippen LogP contribution in [0.3, 0.4) is 0 Å². The Balaban J connectivity index is 2.12. The fraction of sp³-hybridized carbons (Fsp3) is 0.412. The second-order valence-electron chi connectivity index (χ2n) is 11.6. The van der Waals surface area contributed by atoms with Crippen LogP contribution in [-0.2, 0) is 26.2 Å². The third kappa shape index (κ3) is 9.13. The van der Waals surface area contributed by atoms with Gasteiger partial charge in [0.05, 0.1) is 31.4 Å². The van der Waals surface area contributed by atoms with Crippen molar-refractivity contribution < 1.29 is 32.2 Å². The summed E-state index contributed by atoms with van der Waals surface area (Å²) >= 11 is 0. The van der Waals surface area contributed by atoms with E-state index in [1.54, 1.807) is 24.3 Å². The summed E-state index contributed by atoms with van der Waals surface area (Å²) in [6.07, 6.45) is 0.324. The van der Waals surface area contributed by atoms with Crippen LogP contribution in [-0.4, -0.2) is 64.1 Å². The van der Waals surface area contributed by atoms with Crippen molar-refractivity contribution in [3.63, 3.8) is 0 Å². The monoisotopic (exact) mass is 639 g/mol. The number of rotatable bonds is 14. The van der Waals surface area contributed by atoms with Gasteiger partial charge in [-0.15, -0.1) is 0 Å². The number of nitrogens with zero attached hydrogens (tertiary/aromatic N) is 2. The molecule has 0 unspecified atom stereocenters. The summed E-state index contributed by atoms with van der Waals surface area (Å²) in [5.74, 6) is 0.288. The fourth-order valence-electron chi connectivity index (χ4n) is 4.89. The second-order valence-corrected chi connectivity index (χ2v) is 13.5. The lowest BCUT2D eigenvalue weighted by Crippen LogP contribution is -2.55. The van der Waals surface area contributed by atoms with Crippen LogP contribution in [0.4, 0.5) is 5.69 Å². The van der Waals surface area contributed by atoms with Crippen molar-refractivity contribution in [3.05, 3.63) is 77.9 Å². The number of methoxy groups -OCH3 is 2. The van der Waals surface area contributed by atoms with Crippen molar-refractivity contribution in [1.82, 2.24) is 10.2 Å². The molecule has 1 N–H and O–H groups in total. The molecule has 244 valence electrons. The average Bonchev–Trinajstić information content (AvgIpc) is 2.99. The van der Waals surface area contributed by atoms with Gasteiger partial charge in [-0.1, -0.05) is 36.8 Å². The molecule has 0 aliphatic rings. The molecule has 0 bridgehead atoms. The number of aryl methyl sites for hydroxylation is 1. The van der Waals surface area contributed by atoms with Crippen molar-refractivity contribution in [1.29, 1.82) is 0 Å². The number of hydrogen-bond donors (Lipinski definition) is 1. The number of carbonyl (C=O) groups is 2. The quantitative estimate of drug-likeness (QED) is 0.254. The first-order valence-corrected chi connectivity index (χ1v) is 16.3. The predicted molar refractivity (Wildman–Crippen MR) is 175 cm³/mol. The zero-order chi connectivity index (χ0) is 33.4. The second kappa shape index (κ2) is 15.2. The van der Waals surface area contributed by atoms with E-state index in [0.29, 0.717) is 24.5 Å². The first-order chi connectivity index (χ1) is 21.2. The zero-order valence-corrected chi connectivity index (χ0v) is 28.2. The van der Waals surface area contributed by atoms with Crippen LogP contribution >= 0.6 is 0 Å². The molecule has 1 atom stereocenters. The van der Waals surface area contributed by atoms with Gasteiger partial charge < -0.3 is 24.4 Å². The highest BCUT2D eigenvalue weighted by atomic mass is 32.2. The van der Waals surface area contributed by atoms with E-state index in [0.717, 1.165) is 15.4 Å². The topological polar surface area (TPSA) is 114 Å². The van der Waals surface area contributed by atoms with Crippen LogP contribution in [0.15, 0.2) is 71.6 Å². The molecule has 0 fully saturated rings. The third-order valence-corrected chi connectivity index (χ3v) is 8.75. The molecule has 0 spiro atoms. The van der Waals surface area contributed by atoms with Gasteiger partial charge in [0.2, 0.25) is 11.8 Å². The Kier molecular flexibility index (Phi) is 11.9. The van der Waals surface area contributed by atoms with Gasteiger partial charge in [-0.3, -0.25) is 13.9 Å².